The van der Waals surface area contributed by atoms with Gasteiger partial charge in [0.15, 0.2) is 6.35 Å². The quantitative estimate of drug-likeness (QED) is 0.275. The van der Waals surface area contributed by atoms with Gasteiger partial charge >= 0.3 is 0 Å². The van der Waals surface area contributed by atoms with E-state index in [2.05, 4.69) is 16.2 Å². The molecule has 6 heavy (non-hydrogen) atoms. The van der Waals surface area contributed by atoms with E-state index in [1.807, 2.05) is 0 Å². The van der Waals surface area contributed by atoms with E-state index in [1.54, 1.807) is 0 Å². The second kappa shape index (κ2) is 1.53. The molecule has 0 radical (unpaired) electrons. The average Bonchev–Trinajstić information content (AvgIpc) is 1.86. The maximum atomic E-state index is 8.44. The summed E-state index contributed by atoms with van der Waals surface area (Å²) in [6.45, 7) is 0.626. The third-order valence-electron chi connectivity index (χ3n) is 0.623. The van der Waals surface area contributed by atoms with Gasteiger partial charge in [-0.15, -0.1) is 0 Å². The first-order valence-electron chi connectivity index (χ1n) is 1.79. The third-order valence-corrected chi connectivity index (χ3v) is 0.623. The molecule has 1 saturated heterocycles. The van der Waals surface area contributed by atoms with Crippen molar-refractivity contribution >= 4 is 0 Å². The predicted octanol–water partition coefficient (Wildman–Crippen LogP) is -2.08. The van der Waals surface area contributed by atoms with Gasteiger partial charge in [0.2, 0.25) is 0 Å². The Kier molecular flexibility index (Phi) is 1.02. The highest BCUT2D eigenvalue weighted by atomic mass is 16.3. The molecule has 1 heterocycles. The van der Waals surface area contributed by atoms with Crippen LogP contribution in [0.25, 0.3) is 0 Å². The molecule has 0 spiro atoms. The first kappa shape index (κ1) is 4.01. The van der Waals surface area contributed by atoms with Crippen LogP contribution in [-0.4, -0.2) is 18.1 Å². The molecule has 1 aliphatic heterocycles. The van der Waals surface area contributed by atoms with Gasteiger partial charge in [-0.1, -0.05) is 0 Å². The molecule has 36 valence electrons. The van der Waals surface area contributed by atoms with Gasteiger partial charge in [0, 0.05) is 0 Å². The Labute approximate surface area is 35.5 Å². The van der Waals surface area contributed by atoms with Crippen molar-refractivity contribution in [2.45, 2.75) is 6.35 Å². The summed E-state index contributed by atoms with van der Waals surface area (Å²) in [6.07, 6.45) is -0.565. The van der Waals surface area contributed by atoms with Crippen molar-refractivity contribution in [3.05, 3.63) is 0 Å². The minimum absolute atomic E-state index is 0.565. The van der Waals surface area contributed by atoms with Gasteiger partial charge in [-0.25, -0.2) is 10.9 Å². The zero-order chi connectivity index (χ0) is 4.41. The van der Waals surface area contributed by atoms with Crippen molar-refractivity contribution < 1.29 is 5.11 Å². The molecule has 1 unspecified atom stereocenters. The Morgan fingerprint density at radius 3 is 2.67 bits per heavy atom. The molecule has 4 N–H and O–H groups in total. The number of aliphatic hydroxyl groups is 1. The SMILES string of the molecule is OC1NCNN1. The van der Waals surface area contributed by atoms with Crippen molar-refractivity contribution in [2.24, 2.45) is 0 Å². The van der Waals surface area contributed by atoms with Crippen molar-refractivity contribution in [3.8, 4) is 0 Å². The summed E-state index contributed by atoms with van der Waals surface area (Å²) in [5, 5.41) is 11.1. The fourth-order valence-electron chi connectivity index (χ4n) is 0.346. The summed E-state index contributed by atoms with van der Waals surface area (Å²) in [5.74, 6) is 0. The van der Waals surface area contributed by atoms with Gasteiger partial charge < -0.3 is 5.11 Å². The highest BCUT2D eigenvalue weighted by Crippen LogP contribution is 1.67. The van der Waals surface area contributed by atoms with Crippen LogP contribution < -0.4 is 16.2 Å². The molecule has 0 aromatic carbocycles. The van der Waals surface area contributed by atoms with Gasteiger partial charge in [-0.2, -0.15) is 0 Å². The average molecular weight is 89.1 g/mol. The van der Waals surface area contributed by atoms with Crippen molar-refractivity contribution in [1.82, 2.24) is 16.2 Å². The number of nitrogens with one attached hydrogen (secondary N) is 3. The zero-order valence-corrected chi connectivity index (χ0v) is 3.23. The fraction of sp³-hybridized carbons (Fsp3) is 1.00. The summed E-state index contributed by atoms with van der Waals surface area (Å²) >= 11 is 0. The normalized spacial score (nSPS) is 34.5. The molecule has 1 fully saturated rings. The van der Waals surface area contributed by atoms with E-state index >= 15 is 0 Å². The van der Waals surface area contributed by atoms with E-state index in [-0.39, 0.29) is 0 Å². The van der Waals surface area contributed by atoms with Crippen LogP contribution in [0.2, 0.25) is 0 Å². The largest absolute Gasteiger partial charge is 0.364 e. The minimum atomic E-state index is -0.565. The summed E-state index contributed by atoms with van der Waals surface area (Å²) < 4.78 is 0. The van der Waals surface area contributed by atoms with E-state index in [1.165, 1.54) is 0 Å². The van der Waals surface area contributed by atoms with E-state index in [0.717, 1.165) is 0 Å². The van der Waals surface area contributed by atoms with E-state index in [0.29, 0.717) is 6.67 Å². The first-order valence-corrected chi connectivity index (χ1v) is 1.79. The zero-order valence-electron chi connectivity index (χ0n) is 3.23. The molecule has 0 saturated carbocycles. The van der Waals surface area contributed by atoms with Crippen molar-refractivity contribution in [1.29, 1.82) is 0 Å². The molecule has 0 bridgehead atoms. The first-order chi connectivity index (χ1) is 2.89. The summed E-state index contributed by atoms with van der Waals surface area (Å²) in [6, 6.07) is 0. The predicted molar refractivity (Wildman–Crippen MR) is 20.3 cm³/mol. The Bertz CT molecular complexity index is 42.1. The molecule has 1 aliphatic rings. The number of hydrogen-bond donors (Lipinski definition) is 4. The molecular weight excluding hydrogens is 82.0 g/mol. The molecule has 1 atom stereocenters. The molecular formula is C2H7N3O. The van der Waals surface area contributed by atoms with Gasteiger partial charge in [0.1, 0.15) is 0 Å². The van der Waals surface area contributed by atoms with E-state index < -0.39 is 6.35 Å². The lowest BCUT2D eigenvalue weighted by Crippen LogP contribution is -2.32. The second-order valence-corrected chi connectivity index (χ2v) is 1.10. The number of aliphatic hydroxyl groups excluding tert-OH is 1. The maximum Gasteiger partial charge on any atom is 0.174 e. The molecule has 0 aromatic rings. The van der Waals surface area contributed by atoms with Crippen LogP contribution in [0.3, 0.4) is 0 Å². The summed E-state index contributed by atoms with van der Waals surface area (Å²) in [5.41, 5.74) is 5.17. The molecule has 4 heteroatoms. The fourth-order valence-corrected chi connectivity index (χ4v) is 0.346. The van der Waals surface area contributed by atoms with Crippen LogP contribution in [0.5, 0.6) is 0 Å². The maximum absolute atomic E-state index is 8.44. The van der Waals surface area contributed by atoms with Crippen LogP contribution in [0.15, 0.2) is 0 Å². The Morgan fingerprint density at radius 2 is 2.50 bits per heavy atom. The number of rotatable bonds is 0. The number of hydrazine groups is 1. The highest BCUT2D eigenvalue weighted by Gasteiger charge is 2.04. The molecule has 1 rings (SSSR count). The van der Waals surface area contributed by atoms with Crippen LogP contribution in [-0.2, 0) is 0 Å². The van der Waals surface area contributed by atoms with Crippen molar-refractivity contribution in [3.63, 3.8) is 0 Å². The van der Waals surface area contributed by atoms with Gasteiger partial charge in [-0.05, 0) is 0 Å². The monoisotopic (exact) mass is 89.1 g/mol. The van der Waals surface area contributed by atoms with Crippen molar-refractivity contribution in [2.75, 3.05) is 6.67 Å². The number of hydrogen-bond acceptors (Lipinski definition) is 4. The van der Waals surface area contributed by atoms with E-state index in [9.17, 15) is 0 Å². The van der Waals surface area contributed by atoms with Crippen LogP contribution in [0.4, 0.5) is 0 Å². The van der Waals surface area contributed by atoms with Crippen LogP contribution in [0, 0.1) is 0 Å². The lowest BCUT2D eigenvalue weighted by Gasteiger charge is -1.94. The van der Waals surface area contributed by atoms with Crippen LogP contribution in [0.1, 0.15) is 0 Å². The van der Waals surface area contributed by atoms with Gasteiger partial charge in [-0.3, -0.25) is 5.32 Å². The lowest BCUT2D eigenvalue weighted by molar-refractivity contribution is 0.132. The van der Waals surface area contributed by atoms with Gasteiger partial charge in [0.25, 0.3) is 0 Å². The molecule has 4 nitrogen and oxygen atoms in total. The standard InChI is InChI=1S/C2H7N3O/c6-2-3-1-4-5-2/h2-6H,1H2. The summed E-state index contributed by atoms with van der Waals surface area (Å²) in [7, 11) is 0. The third kappa shape index (κ3) is 0.662. The van der Waals surface area contributed by atoms with Crippen LogP contribution >= 0.6 is 0 Å². The Hall–Kier alpha value is -0.160. The minimum Gasteiger partial charge on any atom is -0.364 e. The van der Waals surface area contributed by atoms with E-state index in [4.69, 9.17) is 5.11 Å². The molecule has 0 aliphatic carbocycles. The highest BCUT2D eigenvalue weighted by molar-refractivity contribution is 4.50. The summed E-state index contributed by atoms with van der Waals surface area (Å²) in [4.78, 5) is 0. The lowest BCUT2D eigenvalue weighted by atomic mass is 11.0. The Balaban J connectivity index is 2.18. The van der Waals surface area contributed by atoms with Gasteiger partial charge in [0.05, 0.1) is 6.67 Å². The molecule has 0 aromatic heterocycles. The second-order valence-electron chi connectivity index (χ2n) is 1.10. The smallest absolute Gasteiger partial charge is 0.174 e. The Morgan fingerprint density at radius 1 is 1.67 bits per heavy atom. The topological polar surface area (TPSA) is 56.3 Å². The molecule has 0 amide bonds.